The Morgan fingerprint density at radius 1 is 1.32 bits per heavy atom. The molecule has 0 radical (unpaired) electrons. The van der Waals surface area contributed by atoms with Crippen molar-refractivity contribution >= 4 is 5.97 Å². The summed E-state index contributed by atoms with van der Waals surface area (Å²) >= 11 is 0. The van der Waals surface area contributed by atoms with E-state index in [1.165, 1.54) is 12.8 Å². The van der Waals surface area contributed by atoms with E-state index in [4.69, 9.17) is 4.74 Å². The Kier molecular flexibility index (Phi) is 3.97. The number of benzene rings is 1. The molecular weight excluding hydrogens is 314 g/mol. The largest absolute Gasteiger partial charge is 0.462 e. The van der Waals surface area contributed by atoms with Gasteiger partial charge in [-0.1, -0.05) is 30.3 Å². The predicted molar refractivity (Wildman–Crippen MR) is 95.9 cm³/mol. The predicted octanol–water partition coefficient (Wildman–Crippen LogP) is 2.85. The van der Waals surface area contributed by atoms with Crippen LogP contribution < -0.4 is 0 Å². The van der Waals surface area contributed by atoms with Gasteiger partial charge in [0.2, 0.25) is 0 Å². The van der Waals surface area contributed by atoms with Crippen molar-refractivity contribution in [1.29, 1.82) is 0 Å². The molecule has 1 aromatic carbocycles. The summed E-state index contributed by atoms with van der Waals surface area (Å²) < 4.78 is 7.06. The van der Waals surface area contributed by atoms with Gasteiger partial charge >= 0.3 is 5.97 Å². The van der Waals surface area contributed by atoms with Gasteiger partial charge in [0.15, 0.2) is 0 Å². The maximum atomic E-state index is 12.7. The molecule has 4 heteroatoms. The lowest BCUT2D eigenvalue weighted by Gasteiger charge is -2.73. The van der Waals surface area contributed by atoms with Crippen LogP contribution in [-0.2, 0) is 9.53 Å². The smallest absolute Gasteiger partial charge is 0.316 e. The molecule has 1 spiro atoms. The van der Waals surface area contributed by atoms with Gasteiger partial charge in [0.1, 0.15) is 24.1 Å². The van der Waals surface area contributed by atoms with Gasteiger partial charge in [0.05, 0.1) is 25.1 Å². The third-order valence-electron chi connectivity index (χ3n) is 7.71. The van der Waals surface area contributed by atoms with Gasteiger partial charge in [0, 0.05) is 19.3 Å². The maximum Gasteiger partial charge on any atom is 0.316 e. The molecule has 4 rings (SSSR count). The molecule has 1 saturated heterocycles. The van der Waals surface area contributed by atoms with Crippen molar-refractivity contribution < 1.29 is 19.1 Å². The number of quaternary nitrogens is 1. The summed E-state index contributed by atoms with van der Waals surface area (Å²) in [5, 5.41) is 9.70. The summed E-state index contributed by atoms with van der Waals surface area (Å²) in [5.74, 6) is -0.842. The third-order valence-corrected chi connectivity index (χ3v) is 7.71. The first kappa shape index (κ1) is 17.0. The number of likely N-dealkylation sites (tertiary alicyclic amines) is 1. The highest BCUT2D eigenvalue weighted by Gasteiger charge is 2.79. The molecule has 1 heterocycles. The Hall–Kier alpha value is -1.39. The lowest BCUT2D eigenvalue weighted by molar-refractivity contribution is -1.05. The van der Waals surface area contributed by atoms with Crippen LogP contribution in [0.2, 0.25) is 0 Å². The summed E-state index contributed by atoms with van der Waals surface area (Å²) in [7, 11) is 2.39. The molecule has 1 N–H and O–H groups in total. The van der Waals surface area contributed by atoms with E-state index in [0.29, 0.717) is 17.5 Å². The SMILES string of the molecule is CC(C)[N+]1(C)C2CCC23C[C@@H](OC(=O)C(CO)c2ccccc2)CC31. The van der Waals surface area contributed by atoms with Crippen molar-refractivity contribution in [1.82, 2.24) is 0 Å². The zero-order chi connectivity index (χ0) is 17.8. The van der Waals surface area contributed by atoms with Gasteiger partial charge < -0.3 is 14.3 Å². The highest BCUT2D eigenvalue weighted by Crippen LogP contribution is 2.69. The lowest BCUT2D eigenvalue weighted by atomic mass is 9.51. The van der Waals surface area contributed by atoms with E-state index in [1.54, 1.807) is 0 Å². The Morgan fingerprint density at radius 3 is 2.60 bits per heavy atom. The monoisotopic (exact) mass is 344 g/mol. The number of hydrogen-bond acceptors (Lipinski definition) is 3. The zero-order valence-electron chi connectivity index (χ0n) is 15.5. The molecule has 136 valence electrons. The average Bonchev–Trinajstić information content (AvgIpc) is 2.95. The average molecular weight is 344 g/mol. The third kappa shape index (κ3) is 2.23. The molecule has 0 bridgehead atoms. The second-order valence-corrected chi connectivity index (χ2v) is 8.76. The molecule has 6 atom stereocenters. The second kappa shape index (κ2) is 5.82. The van der Waals surface area contributed by atoms with E-state index in [2.05, 4.69) is 20.9 Å². The minimum absolute atomic E-state index is 0.0109. The number of piperidine rings is 1. The van der Waals surface area contributed by atoms with Gasteiger partial charge in [0.25, 0.3) is 0 Å². The fraction of sp³-hybridized carbons (Fsp3) is 0.667. The molecule has 5 unspecified atom stereocenters. The topological polar surface area (TPSA) is 46.5 Å². The molecular formula is C21H30NO3+. The number of carbonyl (C=O) groups excluding carboxylic acids is 1. The van der Waals surface area contributed by atoms with Crippen LogP contribution in [0.1, 0.15) is 51.0 Å². The highest BCUT2D eigenvalue weighted by atomic mass is 16.5. The quantitative estimate of drug-likeness (QED) is 0.660. The van der Waals surface area contributed by atoms with Gasteiger partial charge in [-0.3, -0.25) is 4.79 Å². The Morgan fingerprint density at radius 2 is 2.04 bits per heavy atom. The number of rotatable bonds is 5. The number of esters is 1. The van der Waals surface area contributed by atoms with Gasteiger partial charge in [-0.15, -0.1) is 0 Å². The van der Waals surface area contributed by atoms with E-state index >= 15 is 0 Å². The van der Waals surface area contributed by atoms with E-state index in [9.17, 15) is 9.90 Å². The summed E-state index contributed by atoms with van der Waals surface area (Å²) in [6.07, 6.45) is 4.61. The fourth-order valence-electron chi connectivity index (χ4n) is 6.20. The van der Waals surface area contributed by atoms with Crippen LogP contribution >= 0.6 is 0 Å². The second-order valence-electron chi connectivity index (χ2n) is 8.76. The number of aliphatic hydroxyl groups is 1. The maximum absolute atomic E-state index is 12.7. The number of aliphatic hydroxyl groups excluding tert-OH is 1. The Bertz CT molecular complexity index is 660. The summed E-state index contributed by atoms with van der Waals surface area (Å²) in [4.78, 5) is 12.7. The van der Waals surface area contributed by atoms with Crippen molar-refractivity contribution in [2.45, 2.75) is 69.7 Å². The number of hydrogen-bond donors (Lipinski definition) is 1. The fourth-order valence-corrected chi connectivity index (χ4v) is 6.20. The van der Waals surface area contributed by atoms with Crippen molar-refractivity contribution in [3.63, 3.8) is 0 Å². The van der Waals surface area contributed by atoms with Gasteiger partial charge in [-0.05, 0) is 25.8 Å². The number of carbonyl (C=O) groups is 1. The van der Waals surface area contributed by atoms with E-state index < -0.39 is 5.92 Å². The molecule has 3 fully saturated rings. The first-order valence-electron chi connectivity index (χ1n) is 9.65. The molecule has 2 saturated carbocycles. The molecule has 25 heavy (non-hydrogen) atoms. The summed E-state index contributed by atoms with van der Waals surface area (Å²) in [6, 6.07) is 11.5. The van der Waals surface area contributed by atoms with Crippen LogP contribution in [0.4, 0.5) is 0 Å². The first-order chi connectivity index (χ1) is 11.9. The number of ether oxygens (including phenoxy) is 1. The Balaban J connectivity index is 1.46. The van der Waals surface area contributed by atoms with Gasteiger partial charge in [-0.2, -0.15) is 0 Å². The van der Waals surface area contributed by atoms with Crippen molar-refractivity contribution in [2.24, 2.45) is 5.41 Å². The summed E-state index contributed by atoms with van der Waals surface area (Å²) in [5.41, 5.74) is 1.25. The molecule has 4 nitrogen and oxygen atoms in total. The van der Waals surface area contributed by atoms with Crippen molar-refractivity contribution in [3.05, 3.63) is 35.9 Å². The molecule has 0 aromatic heterocycles. The molecule has 0 amide bonds. The molecule has 1 aromatic rings. The highest BCUT2D eigenvalue weighted by molar-refractivity contribution is 5.78. The molecule has 3 aliphatic rings. The Labute approximate surface area is 150 Å². The summed E-state index contributed by atoms with van der Waals surface area (Å²) in [6.45, 7) is 4.43. The standard InChI is InChI=1S/C21H30NO3/c1-14(2)22(3)18-9-10-21(18)12-16(11-19(21)22)25-20(24)17(13-23)15-7-5-4-6-8-15/h4-8,14,16-19,23H,9-13H2,1-3H3/q+1/t16-,17?,18?,19?,21?,22?/m0/s1. The van der Waals surface area contributed by atoms with Crippen molar-refractivity contribution in [3.8, 4) is 0 Å². The lowest BCUT2D eigenvalue weighted by Crippen LogP contribution is -2.85. The van der Waals surface area contributed by atoms with Crippen molar-refractivity contribution in [2.75, 3.05) is 13.7 Å². The van der Waals surface area contributed by atoms with Gasteiger partial charge in [-0.25, -0.2) is 0 Å². The van der Waals surface area contributed by atoms with Crippen LogP contribution in [0.5, 0.6) is 0 Å². The number of nitrogens with zero attached hydrogens (tertiary/aromatic N) is 1. The van der Waals surface area contributed by atoms with Crippen LogP contribution in [0.25, 0.3) is 0 Å². The molecule has 1 aliphatic heterocycles. The van der Waals surface area contributed by atoms with Crippen LogP contribution in [0.15, 0.2) is 30.3 Å². The van der Waals surface area contributed by atoms with E-state index in [1.807, 2.05) is 30.3 Å². The van der Waals surface area contributed by atoms with Crippen LogP contribution in [0, 0.1) is 5.41 Å². The van der Waals surface area contributed by atoms with Crippen LogP contribution in [-0.4, -0.2) is 53.4 Å². The minimum atomic E-state index is -0.569. The van der Waals surface area contributed by atoms with E-state index in [-0.39, 0.29) is 18.7 Å². The van der Waals surface area contributed by atoms with Crippen LogP contribution in [0.3, 0.4) is 0 Å². The first-order valence-corrected chi connectivity index (χ1v) is 9.65. The molecule has 2 aliphatic carbocycles. The van der Waals surface area contributed by atoms with E-state index in [0.717, 1.165) is 28.9 Å². The zero-order valence-corrected chi connectivity index (χ0v) is 15.5. The minimum Gasteiger partial charge on any atom is -0.462 e. The normalized spacial score (nSPS) is 39.8.